The van der Waals surface area contributed by atoms with Crippen LogP contribution >= 0.6 is 11.6 Å². The highest BCUT2D eigenvalue weighted by Gasteiger charge is 2.34. The van der Waals surface area contributed by atoms with Gasteiger partial charge >= 0.3 is 0 Å². The zero-order valence-corrected chi connectivity index (χ0v) is 16.1. The third-order valence-electron chi connectivity index (χ3n) is 5.34. The fraction of sp³-hybridized carbons (Fsp3) is 0.450. The zero-order valence-electron chi connectivity index (χ0n) is 15.3. The van der Waals surface area contributed by atoms with Crippen molar-refractivity contribution in [2.75, 3.05) is 24.5 Å². The third kappa shape index (κ3) is 4.00. The molecule has 2 heterocycles. The second-order valence-corrected chi connectivity index (χ2v) is 7.66. The van der Waals surface area contributed by atoms with Crippen molar-refractivity contribution < 1.29 is 9.53 Å². The van der Waals surface area contributed by atoms with Gasteiger partial charge in [-0.05, 0) is 38.0 Å². The first kappa shape index (κ1) is 18.0. The van der Waals surface area contributed by atoms with E-state index in [-0.39, 0.29) is 12.0 Å². The minimum atomic E-state index is 0.166. The van der Waals surface area contributed by atoms with Gasteiger partial charge in [0.25, 0.3) is 0 Å². The minimum absolute atomic E-state index is 0.166. The lowest BCUT2D eigenvalue weighted by atomic mass is 9.84. The lowest BCUT2D eigenvalue weighted by molar-refractivity contribution is -0.140. The average molecular weight is 387 g/mol. The molecule has 1 aromatic carbocycles. The van der Waals surface area contributed by atoms with Crippen LogP contribution in [0.1, 0.15) is 26.2 Å². The van der Waals surface area contributed by atoms with Gasteiger partial charge in [0.15, 0.2) is 0 Å². The van der Waals surface area contributed by atoms with Crippen molar-refractivity contribution in [2.45, 2.75) is 32.2 Å². The van der Waals surface area contributed by atoms with Gasteiger partial charge in [0.2, 0.25) is 11.8 Å². The Morgan fingerprint density at radius 2 is 2.07 bits per heavy atom. The number of carbonyl (C=O) groups excluding carboxylic acids is 1. The minimum Gasteiger partial charge on any atom is -0.439 e. The molecule has 2 aromatic rings. The lowest BCUT2D eigenvalue weighted by Crippen LogP contribution is -2.56. The molecule has 2 fully saturated rings. The van der Waals surface area contributed by atoms with Gasteiger partial charge in [-0.2, -0.15) is 0 Å². The van der Waals surface area contributed by atoms with Gasteiger partial charge < -0.3 is 14.5 Å². The smallest absolute Gasteiger partial charge is 0.226 e. The highest BCUT2D eigenvalue weighted by Crippen LogP contribution is 2.30. The number of amides is 1. The molecule has 2 aliphatic rings. The van der Waals surface area contributed by atoms with E-state index in [0.717, 1.165) is 38.3 Å². The van der Waals surface area contributed by atoms with Crippen LogP contribution in [0.15, 0.2) is 36.7 Å². The maximum atomic E-state index is 12.6. The zero-order chi connectivity index (χ0) is 18.8. The monoisotopic (exact) mass is 386 g/mol. The first-order valence-corrected chi connectivity index (χ1v) is 9.79. The van der Waals surface area contributed by atoms with Gasteiger partial charge in [-0.3, -0.25) is 4.79 Å². The van der Waals surface area contributed by atoms with E-state index < -0.39 is 0 Å². The normalized spacial score (nSPS) is 20.3. The van der Waals surface area contributed by atoms with E-state index in [1.54, 1.807) is 12.1 Å². The maximum absolute atomic E-state index is 12.6. The molecule has 142 valence electrons. The van der Waals surface area contributed by atoms with Crippen LogP contribution in [-0.4, -0.2) is 46.5 Å². The Morgan fingerprint density at radius 3 is 2.78 bits per heavy atom. The number of nitrogens with zero attached hydrogens (tertiary/aromatic N) is 4. The number of ether oxygens (including phenoxy) is 1. The number of anilines is 1. The molecule has 27 heavy (non-hydrogen) atoms. The van der Waals surface area contributed by atoms with E-state index in [1.165, 1.54) is 12.7 Å². The Hall–Kier alpha value is -2.34. The second-order valence-electron chi connectivity index (χ2n) is 7.23. The Kier molecular flexibility index (Phi) is 5.16. The molecule has 1 aromatic heterocycles. The van der Waals surface area contributed by atoms with Crippen LogP contribution in [0, 0.1) is 5.92 Å². The fourth-order valence-electron chi connectivity index (χ4n) is 3.59. The number of piperazine rings is 1. The van der Waals surface area contributed by atoms with Crippen molar-refractivity contribution in [1.82, 2.24) is 14.9 Å². The molecule has 0 spiro atoms. The summed E-state index contributed by atoms with van der Waals surface area (Å²) in [5.41, 5.74) is 0. The van der Waals surface area contributed by atoms with Crippen LogP contribution in [0.5, 0.6) is 11.6 Å². The largest absolute Gasteiger partial charge is 0.439 e. The van der Waals surface area contributed by atoms with Crippen molar-refractivity contribution in [2.24, 2.45) is 5.92 Å². The molecule has 1 aliphatic heterocycles. The molecule has 0 radical (unpaired) electrons. The predicted octanol–water partition coefficient (Wildman–Crippen LogP) is 3.76. The summed E-state index contributed by atoms with van der Waals surface area (Å²) in [6.07, 6.45) is 4.77. The van der Waals surface area contributed by atoms with Gasteiger partial charge in [0.05, 0.1) is 0 Å². The summed E-state index contributed by atoms with van der Waals surface area (Å²) < 4.78 is 5.80. The van der Waals surface area contributed by atoms with Crippen molar-refractivity contribution in [3.8, 4) is 11.6 Å². The van der Waals surface area contributed by atoms with E-state index in [0.29, 0.717) is 22.6 Å². The predicted molar refractivity (Wildman–Crippen MR) is 104 cm³/mol. The Balaban J connectivity index is 1.42. The Morgan fingerprint density at radius 1 is 1.22 bits per heavy atom. The number of hydrogen-bond donors (Lipinski definition) is 0. The molecule has 0 unspecified atom stereocenters. The summed E-state index contributed by atoms with van der Waals surface area (Å²) in [6.45, 7) is 4.35. The average Bonchev–Trinajstić information content (AvgIpc) is 2.60. The van der Waals surface area contributed by atoms with E-state index in [2.05, 4.69) is 21.8 Å². The molecular formula is C20H23ClN4O2. The number of carbonyl (C=O) groups is 1. The molecule has 1 saturated carbocycles. The summed E-state index contributed by atoms with van der Waals surface area (Å²) in [5, 5.41) is 0.614. The molecule has 1 saturated heterocycles. The van der Waals surface area contributed by atoms with Crippen LogP contribution < -0.4 is 9.64 Å². The quantitative estimate of drug-likeness (QED) is 0.800. The first-order chi connectivity index (χ1) is 13.1. The van der Waals surface area contributed by atoms with Crippen molar-refractivity contribution in [3.05, 3.63) is 41.7 Å². The Bertz CT molecular complexity index is 827. The number of halogens is 1. The Labute approximate surface area is 164 Å². The van der Waals surface area contributed by atoms with E-state index in [9.17, 15) is 4.79 Å². The number of aromatic nitrogens is 2. The molecular weight excluding hydrogens is 364 g/mol. The number of benzene rings is 1. The van der Waals surface area contributed by atoms with Crippen LogP contribution in [0.3, 0.4) is 0 Å². The van der Waals surface area contributed by atoms with E-state index in [1.807, 2.05) is 23.1 Å². The van der Waals surface area contributed by atoms with Crippen molar-refractivity contribution in [3.63, 3.8) is 0 Å². The van der Waals surface area contributed by atoms with Gasteiger partial charge in [0, 0.05) is 42.7 Å². The van der Waals surface area contributed by atoms with Crippen molar-refractivity contribution >= 4 is 23.3 Å². The topological polar surface area (TPSA) is 58.6 Å². The molecule has 1 atom stereocenters. The van der Waals surface area contributed by atoms with Gasteiger partial charge in [-0.25, -0.2) is 9.97 Å². The third-order valence-corrected chi connectivity index (χ3v) is 5.57. The maximum Gasteiger partial charge on any atom is 0.226 e. The summed E-state index contributed by atoms with van der Waals surface area (Å²) in [7, 11) is 0. The van der Waals surface area contributed by atoms with Crippen molar-refractivity contribution in [1.29, 1.82) is 0 Å². The summed E-state index contributed by atoms with van der Waals surface area (Å²) in [4.78, 5) is 25.4. The molecule has 0 N–H and O–H groups in total. The number of hydrogen-bond acceptors (Lipinski definition) is 5. The van der Waals surface area contributed by atoms with E-state index >= 15 is 0 Å². The molecule has 0 bridgehead atoms. The van der Waals surface area contributed by atoms with Crippen LogP contribution in [0.25, 0.3) is 0 Å². The molecule has 6 nitrogen and oxygen atoms in total. The highest BCUT2D eigenvalue weighted by atomic mass is 35.5. The van der Waals surface area contributed by atoms with E-state index in [4.69, 9.17) is 16.3 Å². The van der Waals surface area contributed by atoms with Gasteiger partial charge in [-0.1, -0.05) is 24.1 Å². The molecule has 1 aliphatic carbocycles. The summed E-state index contributed by atoms with van der Waals surface area (Å²) >= 11 is 6.00. The summed E-state index contributed by atoms with van der Waals surface area (Å²) in [5.74, 6) is 2.49. The first-order valence-electron chi connectivity index (χ1n) is 9.41. The highest BCUT2D eigenvalue weighted by molar-refractivity contribution is 6.30. The summed E-state index contributed by atoms with van der Waals surface area (Å²) in [6, 6.07) is 9.21. The molecule has 7 heteroatoms. The molecule has 1 amide bonds. The fourth-order valence-corrected chi connectivity index (χ4v) is 3.77. The molecule has 4 rings (SSSR count). The van der Waals surface area contributed by atoms with Crippen LogP contribution in [-0.2, 0) is 4.79 Å². The SMILES string of the molecule is C[C@H]1CN(c2cc(Oc3cccc(Cl)c3)ncn2)CCN1C(=O)C1CCC1. The van der Waals surface area contributed by atoms with Crippen LogP contribution in [0.2, 0.25) is 5.02 Å². The van der Waals surface area contributed by atoms with Gasteiger partial charge in [-0.15, -0.1) is 0 Å². The van der Waals surface area contributed by atoms with Gasteiger partial charge in [0.1, 0.15) is 17.9 Å². The standard InChI is InChI=1S/C20H23ClN4O2/c1-14-12-24(8-9-25(14)20(26)15-4-2-5-15)18-11-19(23-13-22-18)27-17-7-3-6-16(21)10-17/h3,6-7,10-11,13-15H,2,4-5,8-9,12H2,1H3/t14-/m0/s1. The van der Waals surface area contributed by atoms with Crippen LogP contribution in [0.4, 0.5) is 5.82 Å². The lowest BCUT2D eigenvalue weighted by Gasteiger charge is -2.43. The number of rotatable bonds is 4. The second kappa shape index (κ2) is 7.72.